The van der Waals surface area contributed by atoms with Crippen molar-refractivity contribution < 1.29 is 24.2 Å². The number of carboxylic acids is 1. The third-order valence-electron chi connectivity index (χ3n) is 5.25. The second-order valence-corrected chi connectivity index (χ2v) is 8.19. The molecule has 30 heavy (non-hydrogen) atoms. The van der Waals surface area contributed by atoms with Gasteiger partial charge in [-0.2, -0.15) is 0 Å². The maximum Gasteiger partial charge on any atom is 0.328 e. The van der Waals surface area contributed by atoms with Gasteiger partial charge in [-0.1, -0.05) is 41.4 Å². The maximum absolute atomic E-state index is 13.1. The van der Waals surface area contributed by atoms with E-state index in [9.17, 15) is 19.5 Å². The second-order valence-electron chi connectivity index (χ2n) is 6.84. The lowest BCUT2D eigenvalue weighted by Crippen LogP contribution is -2.41. The van der Waals surface area contributed by atoms with Crippen LogP contribution in [0.3, 0.4) is 0 Å². The molecule has 2 N–H and O–H groups in total. The summed E-state index contributed by atoms with van der Waals surface area (Å²) in [4.78, 5) is 40.9. The topological polar surface area (TPSA) is 96.5 Å². The van der Waals surface area contributed by atoms with Crippen LogP contribution in [0.5, 0.6) is 5.75 Å². The minimum absolute atomic E-state index is 0.00731. The number of hydrogen-bond acceptors (Lipinski definition) is 4. The summed E-state index contributed by atoms with van der Waals surface area (Å²) in [6.07, 6.45) is 0.115. The van der Waals surface area contributed by atoms with E-state index >= 15 is 0 Å². The Morgan fingerprint density at radius 1 is 1.10 bits per heavy atom. The number of halogens is 2. The predicted octanol–water partition coefficient (Wildman–Crippen LogP) is 5.61. The first-order chi connectivity index (χ1) is 14.2. The summed E-state index contributed by atoms with van der Waals surface area (Å²) in [5, 5.41) is 10.6. The molecule has 0 spiro atoms. The number of carboxylic acid groups (broad SMARTS) is 1. The van der Waals surface area contributed by atoms with Crippen LogP contribution in [-0.2, 0) is 9.59 Å². The molecule has 6 nitrogen and oxygen atoms in total. The molecule has 1 heterocycles. The fraction of sp³-hybridized carbons (Fsp3) is 0.227. The lowest BCUT2D eigenvalue weighted by molar-refractivity contribution is -0.163. The number of hydrogen-bond donors (Lipinski definition) is 2. The first-order valence-electron chi connectivity index (χ1n) is 9.30. The summed E-state index contributed by atoms with van der Waals surface area (Å²) in [6, 6.07) is 11.6. The van der Waals surface area contributed by atoms with E-state index in [1.54, 1.807) is 56.3 Å². The van der Waals surface area contributed by atoms with E-state index in [1.807, 2.05) is 0 Å². The number of aromatic nitrogens is 1. The van der Waals surface area contributed by atoms with Crippen molar-refractivity contribution in [1.82, 2.24) is 4.98 Å². The summed E-state index contributed by atoms with van der Waals surface area (Å²) in [5.41, 5.74) is -0.772. The lowest BCUT2D eigenvalue weighted by atomic mass is 9.82. The van der Waals surface area contributed by atoms with Crippen LogP contribution >= 0.6 is 27.5 Å². The third kappa shape index (κ3) is 3.87. The first-order valence-corrected chi connectivity index (χ1v) is 10.5. The number of carbonyl (C=O) groups excluding carboxylic acids is 2. The highest BCUT2D eigenvalue weighted by molar-refractivity contribution is 9.10. The molecule has 0 fully saturated rings. The molecule has 3 rings (SSSR count). The third-order valence-corrected chi connectivity index (χ3v) is 6.01. The number of fused-ring (bicyclic) bond motifs is 1. The zero-order valence-electron chi connectivity index (χ0n) is 16.3. The zero-order valence-corrected chi connectivity index (χ0v) is 18.6. The van der Waals surface area contributed by atoms with Crippen molar-refractivity contribution in [1.29, 1.82) is 0 Å². The molecular formula is C22H19BrClNO5. The number of rotatable bonds is 7. The number of ether oxygens (including phenoxy) is 1. The standard InChI is InChI=1S/C22H19BrClNO5/c1-3-22(4-2,20(27)28)21(29)30-19-15-10-9-14(24)11-16(15)25-17(19)18(26)12-5-7-13(23)8-6-12/h5-11,25H,3-4H2,1-2H3,(H,27,28). The lowest BCUT2D eigenvalue weighted by Gasteiger charge is -2.24. The Morgan fingerprint density at radius 3 is 2.30 bits per heavy atom. The Labute approximate surface area is 186 Å². The van der Waals surface area contributed by atoms with Crippen LogP contribution in [0.1, 0.15) is 42.7 Å². The molecule has 0 aliphatic heterocycles. The van der Waals surface area contributed by atoms with E-state index in [4.69, 9.17) is 16.3 Å². The van der Waals surface area contributed by atoms with Gasteiger partial charge in [0.1, 0.15) is 5.69 Å². The van der Waals surface area contributed by atoms with E-state index < -0.39 is 23.1 Å². The number of benzene rings is 2. The van der Waals surface area contributed by atoms with Crippen molar-refractivity contribution >= 4 is 56.2 Å². The fourth-order valence-corrected chi connectivity index (χ4v) is 3.71. The summed E-state index contributed by atoms with van der Waals surface area (Å²) >= 11 is 9.39. The van der Waals surface area contributed by atoms with E-state index in [-0.39, 0.29) is 24.3 Å². The predicted molar refractivity (Wildman–Crippen MR) is 117 cm³/mol. The highest BCUT2D eigenvalue weighted by Crippen LogP contribution is 2.36. The Hall–Kier alpha value is -2.64. The van der Waals surface area contributed by atoms with Gasteiger partial charge < -0.3 is 14.8 Å². The second kappa shape index (κ2) is 8.62. The summed E-state index contributed by atoms with van der Waals surface area (Å²) in [7, 11) is 0. The van der Waals surface area contributed by atoms with Crippen LogP contribution < -0.4 is 4.74 Å². The molecule has 0 unspecified atom stereocenters. The molecule has 0 radical (unpaired) electrons. The summed E-state index contributed by atoms with van der Waals surface area (Å²) in [6.45, 7) is 3.23. The molecular weight excluding hydrogens is 474 g/mol. The quantitative estimate of drug-likeness (QED) is 0.254. The fourth-order valence-electron chi connectivity index (χ4n) is 3.27. The molecule has 0 aliphatic rings. The number of H-pyrrole nitrogens is 1. The average Bonchev–Trinajstić information content (AvgIpc) is 3.06. The largest absolute Gasteiger partial charge is 0.480 e. The van der Waals surface area contributed by atoms with E-state index in [1.165, 1.54) is 0 Å². The molecule has 0 bridgehead atoms. The molecule has 156 valence electrons. The first kappa shape index (κ1) is 22.1. The number of ketones is 1. The van der Waals surface area contributed by atoms with Gasteiger partial charge in [-0.25, -0.2) is 0 Å². The molecule has 3 aromatic rings. The number of aromatic amines is 1. The van der Waals surface area contributed by atoms with Crippen molar-refractivity contribution in [2.75, 3.05) is 0 Å². The van der Waals surface area contributed by atoms with Gasteiger partial charge in [0.15, 0.2) is 11.2 Å². The van der Waals surface area contributed by atoms with E-state index in [0.717, 1.165) is 4.47 Å². The normalized spacial score (nSPS) is 11.5. The van der Waals surface area contributed by atoms with Gasteiger partial charge in [0.25, 0.3) is 0 Å². The zero-order chi connectivity index (χ0) is 22.1. The molecule has 0 atom stereocenters. The average molecular weight is 493 g/mol. The van der Waals surface area contributed by atoms with Crippen LogP contribution in [0.4, 0.5) is 0 Å². The Kier molecular flexibility index (Phi) is 6.33. The molecule has 2 aromatic carbocycles. The van der Waals surface area contributed by atoms with Crippen LogP contribution in [0.15, 0.2) is 46.9 Å². The minimum atomic E-state index is -1.70. The van der Waals surface area contributed by atoms with Crippen molar-refractivity contribution in [2.24, 2.45) is 5.41 Å². The Balaban J connectivity index is 2.14. The van der Waals surface area contributed by atoms with Gasteiger partial charge in [0, 0.05) is 20.4 Å². The number of esters is 1. The minimum Gasteiger partial charge on any atom is -0.480 e. The monoisotopic (exact) mass is 491 g/mol. The van der Waals surface area contributed by atoms with Crippen molar-refractivity contribution in [3.05, 3.63) is 63.2 Å². The molecule has 1 aromatic heterocycles. The summed E-state index contributed by atoms with van der Waals surface area (Å²) in [5.74, 6) is -2.58. The molecule has 0 saturated heterocycles. The maximum atomic E-state index is 13.1. The molecule has 0 saturated carbocycles. The highest BCUT2D eigenvalue weighted by Gasteiger charge is 2.45. The Bertz CT molecular complexity index is 1130. The van der Waals surface area contributed by atoms with Crippen molar-refractivity contribution in [3.8, 4) is 5.75 Å². The van der Waals surface area contributed by atoms with Crippen LogP contribution in [0, 0.1) is 5.41 Å². The summed E-state index contributed by atoms with van der Waals surface area (Å²) < 4.78 is 6.40. The molecule has 8 heteroatoms. The van der Waals surface area contributed by atoms with Gasteiger partial charge in [-0.15, -0.1) is 0 Å². The number of nitrogens with one attached hydrogen (secondary N) is 1. The van der Waals surface area contributed by atoms with Crippen LogP contribution in [0.2, 0.25) is 5.02 Å². The number of carbonyl (C=O) groups is 3. The van der Waals surface area contributed by atoms with E-state index in [2.05, 4.69) is 20.9 Å². The molecule has 0 aliphatic carbocycles. The van der Waals surface area contributed by atoms with Crippen LogP contribution in [-0.4, -0.2) is 27.8 Å². The van der Waals surface area contributed by atoms with Crippen molar-refractivity contribution in [2.45, 2.75) is 26.7 Å². The van der Waals surface area contributed by atoms with E-state index in [0.29, 0.717) is 21.5 Å². The van der Waals surface area contributed by atoms with Crippen LogP contribution in [0.25, 0.3) is 10.9 Å². The van der Waals surface area contributed by atoms with Gasteiger partial charge in [-0.05, 0) is 55.3 Å². The smallest absolute Gasteiger partial charge is 0.328 e. The SMILES string of the molecule is CCC(CC)(C(=O)O)C(=O)Oc1c(C(=O)c2ccc(Br)cc2)[nH]c2cc(Cl)ccc12. The Morgan fingerprint density at radius 2 is 1.73 bits per heavy atom. The van der Waals surface area contributed by atoms with Gasteiger partial charge in [-0.3, -0.25) is 14.4 Å². The van der Waals surface area contributed by atoms with Gasteiger partial charge in [0.05, 0.1) is 5.52 Å². The van der Waals surface area contributed by atoms with Gasteiger partial charge >= 0.3 is 11.9 Å². The molecule has 0 amide bonds. The van der Waals surface area contributed by atoms with Gasteiger partial charge in [0.2, 0.25) is 5.78 Å². The number of aliphatic carboxylic acids is 1. The van der Waals surface area contributed by atoms with Crippen molar-refractivity contribution in [3.63, 3.8) is 0 Å². The highest BCUT2D eigenvalue weighted by atomic mass is 79.9.